The molecule has 3 rings (SSSR count). The van der Waals surface area contributed by atoms with Crippen molar-refractivity contribution in [2.75, 3.05) is 0 Å². The van der Waals surface area contributed by atoms with Crippen LogP contribution in [0.2, 0.25) is 5.28 Å². The second-order valence-corrected chi connectivity index (χ2v) is 5.99. The van der Waals surface area contributed by atoms with Crippen LogP contribution in [0.1, 0.15) is 17.5 Å². The molecular weight excluding hydrogens is 355 g/mol. The van der Waals surface area contributed by atoms with E-state index in [2.05, 4.69) is 48.3 Å². The van der Waals surface area contributed by atoms with E-state index in [0.717, 1.165) is 29.4 Å². The van der Waals surface area contributed by atoms with Crippen LogP contribution >= 0.6 is 43.5 Å². The number of aryl methyl sites for hydroxylation is 2. The van der Waals surface area contributed by atoms with Crippen LogP contribution in [0.25, 0.3) is 11.0 Å². The lowest BCUT2D eigenvalue weighted by Crippen LogP contribution is -2.08. The lowest BCUT2D eigenvalue weighted by molar-refractivity contribution is 0.631. The topological polar surface area (TPSA) is 17.8 Å². The van der Waals surface area contributed by atoms with Gasteiger partial charge in [-0.05, 0) is 58.4 Å². The van der Waals surface area contributed by atoms with Gasteiger partial charge >= 0.3 is 0 Å². The Kier molecular flexibility index (Phi) is 2.57. The van der Waals surface area contributed by atoms with E-state index in [1.807, 2.05) is 0 Å². The van der Waals surface area contributed by atoms with E-state index in [1.54, 1.807) is 0 Å². The van der Waals surface area contributed by atoms with Gasteiger partial charge in [-0.15, -0.1) is 0 Å². The van der Waals surface area contributed by atoms with Crippen LogP contribution in [-0.2, 0) is 13.0 Å². The highest BCUT2D eigenvalue weighted by molar-refractivity contribution is 9.11. The molecule has 5 heteroatoms. The van der Waals surface area contributed by atoms with Gasteiger partial charge in [0.15, 0.2) is 0 Å². The molecular formula is C11H9Br2ClN2. The first-order valence-corrected chi connectivity index (χ1v) is 7.10. The maximum atomic E-state index is 6.17. The van der Waals surface area contributed by atoms with Crippen LogP contribution in [0.15, 0.2) is 8.95 Å². The first kappa shape index (κ1) is 11.1. The predicted molar refractivity (Wildman–Crippen MR) is 73.2 cm³/mol. The lowest BCUT2D eigenvalue weighted by atomic mass is 10.0. The van der Waals surface area contributed by atoms with Crippen molar-refractivity contribution < 1.29 is 0 Å². The molecule has 0 unspecified atom stereocenters. The molecule has 0 radical (unpaired) electrons. The summed E-state index contributed by atoms with van der Waals surface area (Å²) in [5.74, 6) is 0. The van der Waals surface area contributed by atoms with Crippen LogP contribution in [0.4, 0.5) is 0 Å². The van der Waals surface area contributed by atoms with Crippen molar-refractivity contribution in [3.8, 4) is 0 Å². The Labute approximate surface area is 115 Å². The Balaban J connectivity index is 2.57. The van der Waals surface area contributed by atoms with Gasteiger partial charge in [0.25, 0.3) is 0 Å². The summed E-state index contributed by atoms with van der Waals surface area (Å²) in [5.41, 5.74) is 4.70. The number of nitrogens with zero attached hydrogens (tertiary/aromatic N) is 2. The molecule has 1 aromatic carbocycles. The van der Waals surface area contributed by atoms with Crippen LogP contribution in [0.5, 0.6) is 0 Å². The van der Waals surface area contributed by atoms with Crippen molar-refractivity contribution in [2.45, 2.75) is 26.3 Å². The van der Waals surface area contributed by atoms with Gasteiger partial charge in [-0.25, -0.2) is 4.98 Å². The van der Waals surface area contributed by atoms with E-state index < -0.39 is 0 Å². The van der Waals surface area contributed by atoms with Gasteiger partial charge < -0.3 is 4.57 Å². The molecule has 2 aromatic rings. The molecule has 0 spiro atoms. The van der Waals surface area contributed by atoms with Gasteiger partial charge in [0, 0.05) is 15.5 Å². The Bertz CT molecular complexity index is 604. The van der Waals surface area contributed by atoms with Crippen molar-refractivity contribution in [1.82, 2.24) is 9.55 Å². The van der Waals surface area contributed by atoms with Crippen LogP contribution in [0, 0.1) is 6.92 Å². The molecule has 84 valence electrons. The Morgan fingerprint density at radius 3 is 2.81 bits per heavy atom. The maximum Gasteiger partial charge on any atom is 0.203 e. The predicted octanol–water partition coefficient (Wildman–Crippen LogP) is 4.47. The quantitative estimate of drug-likeness (QED) is 0.674. The molecule has 1 aliphatic rings. The molecule has 1 aliphatic heterocycles. The van der Waals surface area contributed by atoms with E-state index in [0.29, 0.717) is 5.28 Å². The van der Waals surface area contributed by atoms with Crippen LogP contribution in [0.3, 0.4) is 0 Å². The van der Waals surface area contributed by atoms with Crippen LogP contribution < -0.4 is 0 Å². The van der Waals surface area contributed by atoms with Gasteiger partial charge in [0.2, 0.25) is 5.28 Å². The number of imidazole rings is 1. The normalized spacial score (nSPS) is 14.8. The summed E-state index contributed by atoms with van der Waals surface area (Å²) in [6, 6.07) is 0. The fourth-order valence-corrected chi connectivity index (χ4v) is 3.91. The molecule has 0 saturated carbocycles. The summed E-state index contributed by atoms with van der Waals surface area (Å²) < 4.78 is 4.33. The highest BCUT2D eigenvalue weighted by Gasteiger charge is 2.23. The minimum Gasteiger partial charge on any atom is -0.314 e. The van der Waals surface area contributed by atoms with Crippen molar-refractivity contribution in [3.05, 3.63) is 25.4 Å². The Morgan fingerprint density at radius 1 is 1.31 bits per heavy atom. The second kappa shape index (κ2) is 3.72. The molecule has 16 heavy (non-hydrogen) atoms. The van der Waals surface area contributed by atoms with Crippen LogP contribution in [-0.4, -0.2) is 9.55 Å². The van der Waals surface area contributed by atoms with E-state index in [-0.39, 0.29) is 0 Å². The first-order chi connectivity index (χ1) is 7.61. The fraction of sp³-hybridized carbons (Fsp3) is 0.364. The molecule has 0 aliphatic carbocycles. The summed E-state index contributed by atoms with van der Waals surface area (Å²) in [7, 11) is 0. The zero-order chi connectivity index (χ0) is 11.4. The van der Waals surface area contributed by atoms with E-state index in [9.17, 15) is 0 Å². The Hall–Kier alpha value is -0.0600. The number of hydrogen-bond acceptors (Lipinski definition) is 1. The van der Waals surface area contributed by atoms with Gasteiger partial charge in [0.1, 0.15) is 5.52 Å². The maximum absolute atomic E-state index is 6.17. The monoisotopic (exact) mass is 362 g/mol. The van der Waals surface area contributed by atoms with Crippen molar-refractivity contribution in [3.63, 3.8) is 0 Å². The number of hydrogen-bond donors (Lipinski definition) is 0. The smallest absolute Gasteiger partial charge is 0.203 e. The molecule has 0 fully saturated rings. The molecule has 0 atom stereocenters. The SMILES string of the molecule is Cc1c(Br)c2c3c(nc(Cl)n3CCC2)c1Br. The highest BCUT2D eigenvalue weighted by atomic mass is 79.9. The second-order valence-electron chi connectivity index (χ2n) is 4.06. The zero-order valence-corrected chi connectivity index (χ0v) is 12.6. The summed E-state index contributed by atoms with van der Waals surface area (Å²) in [4.78, 5) is 4.45. The van der Waals surface area contributed by atoms with Crippen molar-refractivity contribution >= 4 is 54.5 Å². The average molecular weight is 364 g/mol. The molecule has 0 saturated heterocycles. The van der Waals surface area contributed by atoms with E-state index in [4.69, 9.17) is 11.6 Å². The van der Waals surface area contributed by atoms with Gasteiger partial charge in [0.05, 0.1) is 5.52 Å². The van der Waals surface area contributed by atoms with Gasteiger partial charge in [-0.3, -0.25) is 0 Å². The summed E-state index contributed by atoms with van der Waals surface area (Å²) >= 11 is 13.4. The minimum absolute atomic E-state index is 0.592. The summed E-state index contributed by atoms with van der Waals surface area (Å²) in [6.45, 7) is 3.05. The van der Waals surface area contributed by atoms with Gasteiger partial charge in [-0.2, -0.15) is 0 Å². The molecule has 0 N–H and O–H groups in total. The summed E-state index contributed by atoms with van der Waals surface area (Å²) in [5, 5.41) is 0.592. The van der Waals surface area contributed by atoms with Crippen molar-refractivity contribution in [2.24, 2.45) is 0 Å². The Morgan fingerprint density at radius 2 is 2.06 bits per heavy atom. The standard InChI is InChI=1S/C11H9Br2ClN2/c1-5-7(12)6-3-2-4-16-10(6)9(8(5)13)15-11(16)14/h2-4H2,1H3. The average Bonchev–Trinajstić information content (AvgIpc) is 2.63. The zero-order valence-electron chi connectivity index (χ0n) is 8.65. The number of aromatic nitrogens is 2. The highest BCUT2D eigenvalue weighted by Crippen LogP contribution is 2.40. The van der Waals surface area contributed by atoms with E-state index >= 15 is 0 Å². The number of halogens is 3. The van der Waals surface area contributed by atoms with E-state index in [1.165, 1.54) is 21.1 Å². The summed E-state index contributed by atoms with van der Waals surface area (Å²) in [6.07, 6.45) is 2.21. The molecule has 0 bridgehead atoms. The lowest BCUT2D eigenvalue weighted by Gasteiger charge is -2.18. The first-order valence-electron chi connectivity index (χ1n) is 5.13. The number of rotatable bonds is 0. The third-order valence-electron chi connectivity index (χ3n) is 3.15. The largest absolute Gasteiger partial charge is 0.314 e. The third kappa shape index (κ3) is 1.33. The molecule has 2 nitrogen and oxygen atoms in total. The molecule has 0 amide bonds. The van der Waals surface area contributed by atoms with Crippen molar-refractivity contribution in [1.29, 1.82) is 0 Å². The fourth-order valence-electron chi connectivity index (χ4n) is 2.33. The molecule has 1 aromatic heterocycles. The third-order valence-corrected chi connectivity index (χ3v) is 5.48. The number of benzene rings is 1. The van der Waals surface area contributed by atoms with Gasteiger partial charge in [-0.1, -0.05) is 15.9 Å². The minimum atomic E-state index is 0.592. The molecule has 2 heterocycles.